The average molecular weight is 813 g/mol. The number of ether oxygens (including phenoxy) is 3. The summed E-state index contributed by atoms with van der Waals surface area (Å²) in [6.07, 6.45) is -2.22. The van der Waals surface area contributed by atoms with Gasteiger partial charge < -0.3 is 14.2 Å². The van der Waals surface area contributed by atoms with E-state index in [1.54, 1.807) is 0 Å². The molecule has 0 aromatic rings. The first-order valence-electron chi connectivity index (χ1n) is 16.0. The molecule has 0 heterocycles. The topological polar surface area (TPSA) is 27.7 Å². The molecule has 52 heavy (non-hydrogen) atoms. The van der Waals surface area contributed by atoms with Gasteiger partial charge in [0.05, 0.1) is 24.4 Å². The van der Waals surface area contributed by atoms with Crippen molar-refractivity contribution < 1.29 is 102 Å². The van der Waals surface area contributed by atoms with Crippen molar-refractivity contribution in [1.29, 1.82) is 0 Å². The van der Waals surface area contributed by atoms with Gasteiger partial charge >= 0.3 is 59.7 Å². The maximum absolute atomic E-state index is 14.3. The van der Waals surface area contributed by atoms with E-state index in [-0.39, 0.29) is 37.9 Å². The van der Waals surface area contributed by atoms with Crippen molar-refractivity contribution in [2.45, 2.75) is 168 Å². The Balaban J connectivity index is 2.06. The van der Waals surface area contributed by atoms with Crippen LogP contribution in [0.3, 0.4) is 0 Å². The summed E-state index contributed by atoms with van der Waals surface area (Å²) in [6.45, 7) is -0.323. The molecule has 0 bridgehead atoms. The second-order valence-electron chi connectivity index (χ2n) is 12.8. The van der Waals surface area contributed by atoms with Crippen LogP contribution in [0, 0.1) is 0 Å². The summed E-state index contributed by atoms with van der Waals surface area (Å²) in [6, 6.07) is 0. The standard InChI is InChI=1S/C29H36F20O3/c1-2-3-4-5-14-50-16-6-10-18(11-7-16)52-19-12-8-17(9-13-19)51-15-21(32,33)23(36,37)25(40,41)27(44,45)29(48,49)28(46,47)26(42,43)24(38,39)22(34,35)20(30)31/h16-20H,2-15H2,1H3. The van der Waals surface area contributed by atoms with Crippen LogP contribution in [0.25, 0.3) is 0 Å². The van der Waals surface area contributed by atoms with E-state index in [2.05, 4.69) is 11.7 Å². The third-order valence-corrected chi connectivity index (χ3v) is 9.00. The zero-order valence-corrected chi connectivity index (χ0v) is 27.1. The Kier molecular flexibility index (Phi) is 14.6. The lowest BCUT2D eigenvalue weighted by Crippen LogP contribution is -2.76. The van der Waals surface area contributed by atoms with Crippen molar-refractivity contribution >= 4 is 0 Å². The van der Waals surface area contributed by atoms with Crippen molar-refractivity contribution in [3.8, 4) is 0 Å². The van der Waals surface area contributed by atoms with Crippen LogP contribution >= 0.6 is 0 Å². The summed E-state index contributed by atoms with van der Waals surface area (Å²) in [4.78, 5) is 0. The molecule has 0 atom stereocenters. The van der Waals surface area contributed by atoms with Crippen LogP contribution in [0.5, 0.6) is 0 Å². The van der Waals surface area contributed by atoms with E-state index in [0.29, 0.717) is 32.3 Å². The number of rotatable bonds is 20. The van der Waals surface area contributed by atoms with Gasteiger partial charge in [0.25, 0.3) is 0 Å². The first kappa shape index (κ1) is 46.6. The van der Waals surface area contributed by atoms with Crippen LogP contribution in [0.15, 0.2) is 0 Å². The number of hydrogen-bond acceptors (Lipinski definition) is 3. The fraction of sp³-hybridized carbons (Fsp3) is 1.00. The lowest BCUT2D eigenvalue weighted by molar-refractivity contribution is -0.466. The Bertz CT molecular complexity index is 1120. The molecule has 0 unspecified atom stereocenters. The quantitative estimate of drug-likeness (QED) is 0.0905. The van der Waals surface area contributed by atoms with E-state index in [4.69, 9.17) is 9.47 Å². The molecule has 310 valence electrons. The normalized spacial score (nSPS) is 24.1. The highest BCUT2D eigenvalue weighted by Crippen LogP contribution is 2.65. The summed E-state index contributed by atoms with van der Waals surface area (Å²) in [7, 11) is 0. The van der Waals surface area contributed by atoms with E-state index in [0.717, 1.165) is 25.7 Å². The summed E-state index contributed by atoms with van der Waals surface area (Å²) < 4.78 is 289. The zero-order chi connectivity index (χ0) is 40.4. The lowest BCUT2D eigenvalue weighted by atomic mass is 9.86. The van der Waals surface area contributed by atoms with Gasteiger partial charge in [-0.25, -0.2) is 8.78 Å². The predicted molar refractivity (Wildman–Crippen MR) is 140 cm³/mol. The smallest absolute Gasteiger partial charge is 0.378 e. The van der Waals surface area contributed by atoms with Gasteiger partial charge in [0.2, 0.25) is 0 Å². The summed E-state index contributed by atoms with van der Waals surface area (Å²) in [5.41, 5.74) is 0. The molecule has 2 rings (SSSR count). The highest BCUT2D eigenvalue weighted by atomic mass is 19.4. The highest BCUT2D eigenvalue weighted by molar-refractivity contribution is 5.17. The molecular formula is C29H36F20O3. The van der Waals surface area contributed by atoms with Gasteiger partial charge in [-0.1, -0.05) is 26.2 Å². The maximum Gasteiger partial charge on any atom is 0.385 e. The van der Waals surface area contributed by atoms with Gasteiger partial charge in [0, 0.05) is 6.61 Å². The summed E-state index contributed by atoms with van der Waals surface area (Å²) in [5, 5.41) is 0. The second kappa shape index (κ2) is 16.3. The molecule has 3 nitrogen and oxygen atoms in total. The molecule has 0 N–H and O–H groups in total. The molecule has 0 spiro atoms. The maximum atomic E-state index is 14.3. The number of hydrogen-bond donors (Lipinski definition) is 0. The van der Waals surface area contributed by atoms with Crippen molar-refractivity contribution in [1.82, 2.24) is 0 Å². The highest BCUT2D eigenvalue weighted by Gasteiger charge is 2.96. The number of halogens is 20. The molecule has 2 aliphatic carbocycles. The van der Waals surface area contributed by atoms with Crippen LogP contribution in [0.4, 0.5) is 87.8 Å². The van der Waals surface area contributed by atoms with Gasteiger partial charge in [-0.15, -0.1) is 0 Å². The molecule has 2 aliphatic rings. The minimum atomic E-state index is -9.02. The lowest BCUT2D eigenvalue weighted by Gasteiger charge is -2.44. The Hall–Kier alpha value is -1.52. The largest absolute Gasteiger partial charge is 0.385 e. The van der Waals surface area contributed by atoms with E-state index in [1.807, 2.05) is 0 Å². The minimum absolute atomic E-state index is 0.0134. The van der Waals surface area contributed by atoms with Gasteiger partial charge in [-0.05, 0) is 57.8 Å². The molecular weight excluding hydrogens is 776 g/mol. The third-order valence-electron chi connectivity index (χ3n) is 9.00. The van der Waals surface area contributed by atoms with E-state index in [9.17, 15) is 87.8 Å². The molecule has 23 heteroatoms. The van der Waals surface area contributed by atoms with Crippen LogP contribution < -0.4 is 0 Å². The van der Waals surface area contributed by atoms with Crippen LogP contribution in [0.1, 0.15) is 84.0 Å². The van der Waals surface area contributed by atoms with Crippen molar-refractivity contribution in [3.63, 3.8) is 0 Å². The van der Waals surface area contributed by atoms with Gasteiger partial charge in [0.15, 0.2) is 0 Å². The molecule has 0 saturated heterocycles. The van der Waals surface area contributed by atoms with Crippen LogP contribution in [-0.4, -0.2) is 97.4 Å². The SMILES string of the molecule is CCCCCCOC1CCC(OC2CCC(OCC(F)(F)C(F)(F)C(F)(F)C(F)(F)C(F)(F)C(F)(F)C(F)(F)C(F)(F)C(F)(F)C(F)F)CC2)CC1. The number of alkyl halides is 20. The first-order chi connectivity index (χ1) is 23.4. The van der Waals surface area contributed by atoms with Crippen LogP contribution in [-0.2, 0) is 14.2 Å². The molecule has 0 aromatic carbocycles. The number of unbranched alkanes of at least 4 members (excludes halogenated alkanes) is 3. The fourth-order valence-electron chi connectivity index (χ4n) is 5.60. The van der Waals surface area contributed by atoms with Gasteiger partial charge in [-0.2, -0.15) is 79.0 Å². The third kappa shape index (κ3) is 8.49. The predicted octanol–water partition coefficient (Wildman–Crippen LogP) is 11.2. The summed E-state index contributed by atoms with van der Waals surface area (Å²) >= 11 is 0. The van der Waals surface area contributed by atoms with Crippen molar-refractivity contribution in [2.75, 3.05) is 13.2 Å². The van der Waals surface area contributed by atoms with Gasteiger partial charge in [0.1, 0.15) is 6.61 Å². The fourth-order valence-corrected chi connectivity index (χ4v) is 5.60. The molecule has 0 aromatic heterocycles. The molecule has 2 saturated carbocycles. The van der Waals surface area contributed by atoms with Crippen molar-refractivity contribution in [2.24, 2.45) is 0 Å². The second-order valence-corrected chi connectivity index (χ2v) is 12.8. The molecule has 0 aliphatic heterocycles. The minimum Gasteiger partial charge on any atom is -0.378 e. The van der Waals surface area contributed by atoms with E-state index in [1.165, 1.54) is 0 Å². The molecule has 2 fully saturated rings. The Labute approximate surface area is 284 Å². The summed E-state index contributed by atoms with van der Waals surface area (Å²) in [5.74, 6) is -75.1. The zero-order valence-electron chi connectivity index (χ0n) is 27.1. The first-order valence-corrected chi connectivity index (χ1v) is 16.0. The van der Waals surface area contributed by atoms with E-state index < -0.39 is 78.5 Å². The average Bonchev–Trinajstić information content (AvgIpc) is 3.04. The van der Waals surface area contributed by atoms with E-state index >= 15 is 0 Å². The Morgan fingerprint density at radius 2 is 0.788 bits per heavy atom. The Morgan fingerprint density at radius 1 is 0.442 bits per heavy atom. The molecule has 0 radical (unpaired) electrons. The van der Waals surface area contributed by atoms with Gasteiger partial charge in [-0.3, -0.25) is 0 Å². The van der Waals surface area contributed by atoms with Crippen molar-refractivity contribution in [3.05, 3.63) is 0 Å². The monoisotopic (exact) mass is 812 g/mol. The van der Waals surface area contributed by atoms with Crippen LogP contribution in [0.2, 0.25) is 0 Å². The Morgan fingerprint density at radius 3 is 1.17 bits per heavy atom. The molecule has 0 amide bonds.